The predicted octanol–water partition coefficient (Wildman–Crippen LogP) is 8.78. The average Bonchev–Trinajstić information content (AvgIpc) is 3.72. The third-order valence-corrected chi connectivity index (χ3v) is 13.4. The Hall–Kier alpha value is -4.32. The Kier molecular flexibility index (Phi) is 11.7. The van der Waals surface area contributed by atoms with Crippen LogP contribution in [-0.2, 0) is 12.8 Å². The fraction of sp³-hybridized carbons (Fsp3) is 0.435. The van der Waals surface area contributed by atoms with Gasteiger partial charge < -0.3 is 29.0 Å². The number of benzene rings is 4. The molecule has 56 heavy (non-hydrogen) atoms. The molecule has 2 spiro atoms. The van der Waals surface area contributed by atoms with Crippen LogP contribution in [0.1, 0.15) is 86.5 Å². The molecule has 0 atom stereocenters. The highest BCUT2D eigenvalue weighted by Gasteiger charge is 2.45. The van der Waals surface area contributed by atoms with Crippen LogP contribution in [0.5, 0.6) is 17.2 Å². The van der Waals surface area contributed by atoms with E-state index >= 15 is 0 Å². The van der Waals surface area contributed by atoms with Crippen LogP contribution in [0.4, 0.5) is 0 Å². The molecule has 0 aromatic heterocycles. The summed E-state index contributed by atoms with van der Waals surface area (Å²) in [5.41, 5.74) is 6.48. The van der Waals surface area contributed by atoms with Gasteiger partial charge in [-0.1, -0.05) is 47.0 Å². The second kappa shape index (κ2) is 17.0. The Morgan fingerprint density at radius 3 is 1.57 bits per heavy atom. The van der Waals surface area contributed by atoms with Crippen molar-refractivity contribution in [1.29, 1.82) is 10.5 Å². The van der Waals surface area contributed by atoms with Crippen molar-refractivity contribution in [1.82, 2.24) is 9.80 Å². The lowest BCUT2D eigenvalue weighted by atomic mass is 9.83. The largest absolute Gasteiger partial charge is 0.569 e. The summed E-state index contributed by atoms with van der Waals surface area (Å²) in [4.78, 5) is 5.38. The Morgan fingerprint density at radius 2 is 1.11 bits per heavy atom. The lowest BCUT2D eigenvalue weighted by Gasteiger charge is -2.45. The number of piperidine rings is 2. The van der Waals surface area contributed by atoms with Gasteiger partial charge in [0.15, 0.2) is 0 Å². The SMILES string of the molecule is Brc1ccc2c(c1)CC1(CCN(C3CCC3)CC1)O2.N#Cc1ccc(-c2ccc3c(c2)CC2(CCN(C4CCC4)CC2)O3)cc1.N#Cc1ccc(O[B]O)cc1. The maximum absolute atomic E-state index is 8.97. The van der Waals surface area contributed by atoms with Gasteiger partial charge in [-0.2, -0.15) is 10.5 Å². The maximum Gasteiger partial charge on any atom is 0.569 e. The molecule has 2 saturated heterocycles. The van der Waals surface area contributed by atoms with E-state index in [-0.39, 0.29) is 11.2 Å². The standard InChI is InChI=1S/C23H24N2O.C16H20BrNO.C7H5BNO2/c24-16-17-4-6-18(7-5-17)19-8-9-22-20(14-19)15-23(26-22)10-12-25(13-11-23)21-2-1-3-21;17-13-4-5-15-12(10-13)11-16(19-15)6-8-18(9-7-16)14-2-1-3-14;9-5-6-1-3-7(4-2-6)11-8-10/h4-9,14,21H,1-3,10-13,15H2;4-5,10,14H,1-3,6-9,11H2;1-4,10H. The minimum atomic E-state index is 0.0197. The number of ether oxygens (including phenoxy) is 2. The number of hydrogen-bond donors (Lipinski definition) is 1. The quantitative estimate of drug-likeness (QED) is 0.200. The van der Waals surface area contributed by atoms with E-state index in [2.05, 4.69) is 72.9 Å². The molecule has 0 amide bonds. The molecule has 10 rings (SSSR count). The van der Waals surface area contributed by atoms with Gasteiger partial charge in [-0.25, -0.2) is 0 Å². The van der Waals surface area contributed by atoms with Gasteiger partial charge in [-0.3, -0.25) is 0 Å². The van der Waals surface area contributed by atoms with Crippen LogP contribution >= 0.6 is 15.9 Å². The second-order valence-electron chi connectivity index (χ2n) is 16.3. The third kappa shape index (κ3) is 8.65. The molecule has 4 heterocycles. The highest BCUT2D eigenvalue weighted by molar-refractivity contribution is 9.10. The van der Waals surface area contributed by atoms with Crippen LogP contribution in [0.15, 0.2) is 89.4 Å². The van der Waals surface area contributed by atoms with Gasteiger partial charge in [0.1, 0.15) is 28.5 Å². The van der Waals surface area contributed by atoms with Gasteiger partial charge in [-0.05, 0) is 115 Å². The molecule has 4 fully saturated rings. The lowest BCUT2D eigenvalue weighted by molar-refractivity contribution is -0.00769. The van der Waals surface area contributed by atoms with Crippen molar-refractivity contribution in [3.05, 3.63) is 112 Å². The number of likely N-dealkylation sites (tertiary alicyclic amines) is 2. The van der Waals surface area contributed by atoms with Crippen LogP contribution in [0.25, 0.3) is 11.1 Å². The first-order valence-electron chi connectivity index (χ1n) is 20.3. The zero-order valence-corrected chi connectivity index (χ0v) is 33.6. The molecule has 4 aromatic carbocycles. The van der Waals surface area contributed by atoms with Crippen molar-refractivity contribution < 1.29 is 19.2 Å². The van der Waals surface area contributed by atoms with Crippen LogP contribution in [0, 0.1) is 22.7 Å². The number of halogens is 1. The number of fused-ring (bicyclic) bond motifs is 2. The molecule has 8 nitrogen and oxygen atoms in total. The van der Waals surface area contributed by atoms with Gasteiger partial charge in [0.05, 0.1) is 23.3 Å². The number of hydrogen-bond acceptors (Lipinski definition) is 8. The van der Waals surface area contributed by atoms with E-state index in [1.807, 2.05) is 30.3 Å². The van der Waals surface area contributed by atoms with Crippen LogP contribution in [-0.4, -0.2) is 72.0 Å². The highest BCUT2D eigenvalue weighted by Crippen LogP contribution is 2.45. The van der Waals surface area contributed by atoms with Gasteiger partial charge in [0, 0.05) is 81.3 Å². The molecule has 2 aliphatic carbocycles. The molecule has 0 unspecified atom stereocenters. The monoisotopic (exact) mass is 811 g/mol. The van der Waals surface area contributed by atoms with Crippen LogP contribution < -0.4 is 14.1 Å². The summed E-state index contributed by atoms with van der Waals surface area (Å²) >= 11 is 3.56. The fourth-order valence-electron chi connectivity index (χ4n) is 9.08. The van der Waals surface area contributed by atoms with Gasteiger partial charge in [0.2, 0.25) is 0 Å². The van der Waals surface area contributed by atoms with Crippen LogP contribution in [0.3, 0.4) is 0 Å². The molecule has 1 N–H and O–H groups in total. The zero-order valence-electron chi connectivity index (χ0n) is 32.0. The van der Waals surface area contributed by atoms with Crippen molar-refractivity contribution in [2.75, 3.05) is 26.2 Å². The average molecular weight is 813 g/mol. The zero-order chi connectivity index (χ0) is 38.5. The highest BCUT2D eigenvalue weighted by atomic mass is 79.9. The minimum Gasteiger partial charge on any atom is -0.537 e. The van der Waals surface area contributed by atoms with E-state index in [0.717, 1.165) is 54.8 Å². The van der Waals surface area contributed by atoms with E-state index in [0.29, 0.717) is 24.6 Å². The number of rotatable bonds is 5. The summed E-state index contributed by atoms with van der Waals surface area (Å²) in [5, 5.41) is 25.6. The minimum absolute atomic E-state index is 0.0197. The molecule has 1 radical (unpaired) electrons. The predicted molar refractivity (Wildman–Crippen MR) is 222 cm³/mol. The Labute approximate surface area is 340 Å². The topological polar surface area (TPSA) is 102 Å². The number of nitriles is 2. The number of nitrogens with zero attached hydrogens (tertiary/aromatic N) is 4. The van der Waals surface area contributed by atoms with Crippen molar-refractivity contribution in [3.8, 4) is 40.5 Å². The molecule has 10 heteroatoms. The maximum atomic E-state index is 8.97. The fourth-order valence-corrected chi connectivity index (χ4v) is 9.48. The summed E-state index contributed by atoms with van der Waals surface area (Å²) in [7, 11) is 0.599. The summed E-state index contributed by atoms with van der Waals surface area (Å²) in [6, 6.07) is 33.1. The molecule has 4 aromatic rings. The molecule has 4 aliphatic heterocycles. The van der Waals surface area contributed by atoms with E-state index in [9.17, 15) is 0 Å². The first kappa shape index (κ1) is 38.6. The van der Waals surface area contributed by atoms with Crippen molar-refractivity contribution in [2.24, 2.45) is 0 Å². The third-order valence-electron chi connectivity index (χ3n) is 12.9. The van der Waals surface area contributed by atoms with E-state index in [1.165, 1.54) is 98.7 Å². The molecule has 0 bridgehead atoms. The first-order valence-corrected chi connectivity index (χ1v) is 21.1. The summed E-state index contributed by atoms with van der Waals surface area (Å²) in [5.74, 6) is 2.69. The summed E-state index contributed by atoms with van der Waals surface area (Å²) < 4.78 is 18.6. The normalized spacial score (nSPS) is 20.5. The lowest BCUT2D eigenvalue weighted by Crippen LogP contribution is -2.52. The summed E-state index contributed by atoms with van der Waals surface area (Å²) in [6.07, 6.45) is 15.3. The second-order valence-corrected chi connectivity index (χ2v) is 17.2. The summed E-state index contributed by atoms with van der Waals surface area (Å²) in [6.45, 7) is 4.81. The van der Waals surface area contributed by atoms with E-state index in [1.54, 1.807) is 24.3 Å². The molecule has 287 valence electrons. The van der Waals surface area contributed by atoms with Crippen LogP contribution in [0.2, 0.25) is 0 Å². The van der Waals surface area contributed by atoms with Gasteiger partial charge in [0.25, 0.3) is 0 Å². The molecule has 6 aliphatic rings. The molecule has 2 saturated carbocycles. The Balaban J connectivity index is 0.000000129. The first-order chi connectivity index (χ1) is 27.3. The smallest absolute Gasteiger partial charge is 0.537 e. The van der Waals surface area contributed by atoms with E-state index < -0.39 is 0 Å². The Bertz CT molecular complexity index is 2060. The Morgan fingerprint density at radius 1 is 0.643 bits per heavy atom. The molecular formula is C46H49BBrN4O4. The van der Waals surface area contributed by atoms with Gasteiger partial charge >= 0.3 is 7.69 Å². The van der Waals surface area contributed by atoms with Crippen molar-refractivity contribution in [3.63, 3.8) is 0 Å². The van der Waals surface area contributed by atoms with E-state index in [4.69, 9.17) is 25.0 Å². The van der Waals surface area contributed by atoms with Crippen molar-refractivity contribution >= 4 is 23.6 Å². The van der Waals surface area contributed by atoms with Crippen molar-refractivity contribution in [2.45, 2.75) is 100 Å². The van der Waals surface area contributed by atoms with Gasteiger partial charge in [-0.15, -0.1) is 0 Å². The molecular weight excluding hydrogens is 763 g/mol.